The van der Waals surface area contributed by atoms with Gasteiger partial charge in [-0.15, -0.1) is 0 Å². The van der Waals surface area contributed by atoms with Crippen LogP contribution in [0.4, 0.5) is 0 Å². The summed E-state index contributed by atoms with van der Waals surface area (Å²) >= 11 is 2.12. The van der Waals surface area contributed by atoms with E-state index in [-0.39, 0.29) is 69.2 Å². The van der Waals surface area contributed by atoms with Crippen LogP contribution in [0.2, 0.25) is 0 Å². The first kappa shape index (κ1) is 67.4. The number of thioether (sulfide) groups is 2. The molecule has 2 saturated carbocycles. The maximum atomic E-state index is 13.8. The van der Waals surface area contributed by atoms with Crippen molar-refractivity contribution in [2.45, 2.75) is 133 Å². The number of nitrogens with zero attached hydrogens (tertiary/aromatic N) is 2. The molecule has 0 saturated heterocycles. The lowest BCUT2D eigenvalue weighted by Gasteiger charge is -2.27. The summed E-state index contributed by atoms with van der Waals surface area (Å²) in [6.07, 6.45) is 3.34. The molecule has 0 radical (unpaired) electrons. The third-order valence-electron chi connectivity index (χ3n) is 13.9. The number of esters is 10. The quantitative estimate of drug-likeness (QED) is 0.0215. The monoisotopic (exact) mass is 1230 g/mol. The molecule has 3 aromatic rings. The highest BCUT2D eigenvalue weighted by atomic mass is 32.2. The van der Waals surface area contributed by atoms with Crippen molar-refractivity contribution in [1.82, 2.24) is 0 Å². The fraction of sp³-hybridized carbons (Fsp3) is 0.429. The second-order valence-electron chi connectivity index (χ2n) is 20.5. The van der Waals surface area contributed by atoms with Gasteiger partial charge in [-0.25, -0.2) is 9.59 Å². The van der Waals surface area contributed by atoms with Crippen LogP contribution >= 0.6 is 23.5 Å². The third-order valence-corrected chi connectivity index (χ3v) is 16.6. The van der Waals surface area contributed by atoms with Crippen LogP contribution < -0.4 is 18.9 Å². The molecule has 3 aromatic carbocycles. The van der Waals surface area contributed by atoms with E-state index in [4.69, 9.17) is 47.4 Å². The summed E-state index contributed by atoms with van der Waals surface area (Å²) in [5, 5.41) is 19.5. The number of hydrogen-bond acceptors (Lipinski definition) is 24. The van der Waals surface area contributed by atoms with Gasteiger partial charge in [0.2, 0.25) is 0 Å². The van der Waals surface area contributed by atoms with Crippen molar-refractivity contribution in [1.29, 1.82) is 10.5 Å². The lowest BCUT2D eigenvalue weighted by atomic mass is 9.82. The molecular formula is C63H66N2O20S2. The van der Waals surface area contributed by atoms with E-state index in [1.807, 2.05) is 12.1 Å². The van der Waals surface area contributed by atoms with E-state index in [0.717, 1.165) is 46.8 Å². The SMILES string of the molecule is C=CC(=O)OC(C)COC(=O)CCC(=O)OCCc1ccc(OC(=O)C2CCC(C(=O)Oc3cc(C)c(OC(=O)C4CCC(C(=O)Oc5ccc(CCOC(=O)CCC(=O)OCC(C)OC(=O)C=C)cc5)CC4)c4c3SC(=C(C#N)C#N)S4)CC2)cc1. The fourth-order valence-electron chi connectivity index (χ4n) is 9.13. The van der Waals surface area contributed by atoms with Crippen molar-refractivity contribution < 1.29 is 95.3 Å². The van der Waals surface area contributed by atoms with Crippen LogP contribution in [0.1, 0.15) is 108 Å². The number of nitriles is 2. The van der Waals surface area contributed by atoms with Crippen LogP contribution in [-0.2, 0) is 89.2 Å². The number of aryl methyl sites for hydroxylation is 1. The van der Waals surface area contributed by atoms with Crippen molar-refractivity contribution in [3.63, 3.8) is 0 Å². The molecule has 24 heteroatoms. The molecule has 460 valence electrons. The Morgan fingerprint density at radius 2 is 0.885 bits per heavy atom. The Kier molecular flexibility index (Phi) is 26.2. The number of rotatable bonds is 28. The molecule has 87 heavy (non-hydrogen) atoms. The van der Waals surface area contributed by atoms with Crippen LogP contribution in [-0.4, -0.2) is 98.3 Å². The van der Waals surface area contributed by atoms with Crippen molar-refractivity contribution >= 4 is 83.2 Å². The standard InChI is InChI=1S/C63H66N2O20S2/c1-6-50(66)80-38(4)35-78-54(70)26-24-52(68)76-30-28-40-8-20-47(21-9-40)82-59(72)42-12-16-44(17-13-42)61(74)84-49-32-37(3)56(58-57(49)86-63(87-58)46(33-64)34-65)85-62(75)45-18-14-43(15-19-45)60(73)83-48-22-10-41(11-23-48)29-31-77-53(69)25-27-55(71)79-36-39(5)81-51(67)7-2/h6-11,20-23,32,38-39,42-45H,1-2,12-19,24-31,35-36H2,3-5H3. The Morgan fingerprint density at radius 3 is 1.26 bits per heavy atom. The van der Waals surface area contributed by atoms with Gasteiger partial charge < -0.3 is 47.4 Å². The zero-order valence-electron chi connectivity index (χ0n) is 48.3. The minimum atomic E-state index is -0.675. The van der Waals surface area contributed by atoms with Crippen molar-refractivity contribution in [3.05, 3.63) is 106 Å². The number of fused-ring (bicyclic) bond motifs is 1. The molecule has 6 rings (SSSR count). The molecule has 1 aliphatic heterocycles. The Balaban J connectivity index is 0.915. The van der Waals surface area contributed by atoms with E-state index in [1.54, 1.807) is 75.4 Å². The number of allylic oxidation sites excluding steroid dienone is 1. The van der Waals surface area contributed by atoms with Crippen LogP contribution in [0.25, 0.3) is 0 Å². The van der Waals surface area contributed by atoms with Crippen molar-refractivity contribution in [2.24, 2.45) is 23.7 Å². The molecule has 1 heterocycles. The van der Waals surface area contributed by atoms with Crippen LogP contribution in [0, 0.1) is 53.3 Å². The lowest BCUT2D eigenvalue weighted by Crippen LogP contribution is -2.31. The largest absolute Gasteiger partial charge is 0.465 e. The molecule has 0 spiro atoms. The Labute approximate surface area is 511 Å². The second-order valence-corrected chi connectivity index (χ2v) is 22.8. The van der Waals surface area contributed by atoms with Gasteiger partial charge in [-0.3, -0.25) is 38.4 Å². The zero-order valence-corrected chi connectivity index (χ0v) is 50.0. The average molecular weight is 1240 g/mol. The Hall–Kier alpha value is -8.74. The first-order valence-electron chi connectivity index (χ1n) is 28.2. The Bertz CT molecular complexity index is 3170. The van der Waals surface area contributed by atoms with E-state index in [2.05, 4.69) is 13.2 Å². The van der Waals surface area contributed by atoms with Crippen LogP contribution in [0.3, 0.4) is 0 Å². The van der Waals surface area contributed by atoms with E-state index in [1.165, 1.54) is 0 Å². The highest BCUT2D eigenvalue weighted by Gasteiger charge is 2.37. The summed E-state index contributed by atoms with van der Waals surface area (Å²) in [4.78, 5) is 126. The summed E-state index contributed by atoms with van der Waals surface area (Å²) in [7, 11) is 0. The zero-order chi connectivity index (χ0) is 63.0. The summed E-state index contributed by atoms with van der Waals surface area (Å²) in [6.45, 7) is 11.1. The molecule has 2 unspecified atom stereocenters. The first-order chi connectivity index (χ1) is 41.7. The number of carbonyl (C=O) groups excluding carboxylic acids is 10. The molecule has 2 fully saturated rings. The molecule has 2 aliphatic carbocycles. The van der Waals surface area contributed by atoms with E-state index in [0.29, 0.717) is 95.3 Å². The molecule has 22 nitrogen and oxygen atoms in total. The average Bonchev–Trinajstić information content (AvgIpc) is 1.85. The van der Waals surface area contributed by atoms with Crippen molar-refractivity contribution in [2.75, 3.05) is 26.4 Å². The topological polar surface area (TPSA) is 311 Å². The predicted molar refractivity (Wildman–Crippen MR) is 309 cm³/mol. The number of carbonyl (C=O) groups is 10. The van der Waals surface area contributed by atoms with Gasteiger partial charge >= 0.3 is 59.7 Å². The molecule has 3 aliphatic rings. The van der Waals surface area contributed by atoms with Gasteiger partial charge in [-0.1, -0.05) is 60.9 Å². The second kappa shape index (κ2) is 33.8. The third kappa shape index (κ3) is 21.3. The van der Waals surface area contributed by atoms with E-state index in [9.17, 15) is 58.5 Å². The first-order valence-corrected chi connectivity index (χ1v) is 29.8. The summed E-state index contributed by atoms with van der Waals surface area (Å²) in [6, 6.07) is 18.8. The summed E-state index contributed by atoms with van der Waals surface area (Å²) in [5.74, 6) is -6.80. The molecule has 0 N–H and O–H groups in total. The molecule has 0 aromatic heterocycles. The summed E-state index contributed by atoms with van der Waals surface area (Å²) < 4.78 is 54.1. The summed E-state index contributed by atoms with van der Waals surface area (Å²) in [5.41, 5.74) is 1.89. The normalized spacial score (nSPS) is 17.3. The molecule has 0 bridgehead atoms. The van der Waals surface area contributed by atoms with Gasteiger partial charge in [-0.2, -0.15) is 10.5 Å². The van der Waals surface area contributed by atoms with E-state index >= 15 is 0 Å². The fourth-order valence-corrected chi connectivity index (χ4v) is 11.7. The van der Waals surface area contributed by atoms with Gasteiger partial charge in [0.25, 0.3) is 0 Å². The van der Waals surface area contributed by atoms with Gasteiger partial charge in [0, 0.05) is 25.0 Å². The smallest absolute Gasteiger partial charge is 0.330 e. The number of ether oxygens (including phenoxy) is 10. The maximum Gasteiger partial charge on any atom is 0.330 e. The number of hydrogen-bond donors (Lipinski definition) is 0. The Morgan fingerprint density at radius 1 is 0.529 bits per heavy atom. The van der Waals surface area contributed by atoms with Gasteiger partial charge in [0.1, 0.15) is 66.1 Å². The van der Waals surface area contributed by atoms with E-state index < -0.39 is 95.6 Å². The minimum absolute atomic E-state index is 0.0477. The van der Waals surface area contributed by atoms with Crippen molar-refractivity contribution in [3.8, 4) is 35.1 Å². The predicted octanol–water partition coefficient (Wildman–Crippen LogP) is 9.14. The van der Waals surface area contributed by atoms with Crippen LogP contribution in [0.5, 0.6) is 23.0 Å². The molecule has 0 amide bonds. The molecule has 2 atom stereocenters. The highest BCUT2D eigenvalue weighted by Crippen LogP contribution is 2.60. The van der Waals surface area contributed by atoms with Gasteiger partial charge in [0.05, 0.1) is 76.6 Å². The minimum Gasteiger partial charge on any atom is -0.465 e. The number of benzene rings is 3. The molecular weight excluding hydrogens is 1170 g/mol. The lowest BCUT2D eigenvalue weighted by molar-refractivity contribution is -0.156. The van der Waals surface area contributed by atoms with Crippen LogP contribution in [0.15, 0.2) is 99.5 Å². The highest BCUT2D eigenvalue weighted by molar-refractivity contribution is 8.24. The van der Waals surface area contributed by atoms with Gasteiger partial charge in [0.15, 0.2) is 0 Å². The van der Waals surface area contributed by atoms with Gasteiger partial charge in [-0.05, 0) is 119 Å². The maximum absolute atomic E-state index is 13.8.